The largest absolute Gasteiger partial charge is 0.383 e. The molecule has 0 radical (unpaired) electrons. The van der Waals surface area contributed by atoms with Crippen LogP contribution in [0, 0.1) is 0 Å². The molecule has 0 saturated heterocycles. The molecule has 0 amide bonds. The molecule has 88 valence electrons. The summed E-state index contributed by atoms with van der Waals surface area (Å²) in [4.78, 5) is 0. The molecular weight excluding hydrogens is 205 g/mol. The highest BCUT2D eigenvalue weighted by Gasteiger charge is 2.29. The highest BCUT2D eigenvalue weighted by molar-refractivity contribution is 5.41. The van der Waals surface area contributed by atoms with Crippen molar-refractivity contribution in [3.05, 3.63) is 34.9 Å². The molecule has 0 fully saturated rings. The van der Waals surface area contributed by atoms with E-state index in [0.717, 1.165) is 24.1 Å². The van der Waals surface area contributed by atoms with Gasteiger partial charge in [-0.1, -0.05) is 18.2 Å². The Hall–Kier alpha value is -0.930. The van der Waals surface area contributed by atoms with E-state index in [0.29, 0.717) is 0 Å². The van der Waals surface area contributed by atoms with Gasteiger partial charge in [0, 0.05) is 6.04 Å². The van der Waals surface area contributed by atoms with Crippen molar-refractivity contribution >= 4 is 0 Å². The van der Waals surface area contributed by atoms with Crippen molar-refractivity contribution in [2.75, 3.05) is 13.2 Å². The summed E-state index contributed by atoms with van der Waals surface area (Å²) < 4.78 is 12.9. The first-order valence-electron chi connectivity index (χ1n) is 5.70. The van der Waals surface area contributed by atoms with Crippen LogP contribution in [0.1, 0.15) is 36.6 Å². The van der Waals surface area contributed by atoms with Gasteiger partial charge in [0.15, 0.2) is 0 Å². The lowest BCUT2D eigenvalue weighted by atomic mass is 9.84. The van der Waals surface area contributed by atoms with Crippen molar-refractivity contribution in [2.45, 2.75) is 31.9 Å². The third-order valence-corrected chi connectivity index (χ3v) is 3.34. The highest BCUT2D eigenvalue weighted by atomic mass is 19.1. The van der Waals surface area contributed by atoms with E-state index < -0.39 is 12.3 Å². The normalized spacial score (nSPS) is 23.6. The summed E-state index contributed by atoms with van der Waals surface area (Å²) in [6.45, 7) is 3.76. The van der Waals surface area contributed by atoms with Crippen LogP contribution in [0.2, 0.25) is 0 Å². The maximum Gasteiger partial charge on any atom is 0.122 e. The third-order valence-electron chi connectivity index (χ3n) is 3.34. The quantitative estimate of drug-likeness (QED) is 0.804. The molecule has 2 atom stereocenters. The number of rotatable bonds is 2. The van der Waals surface area contributed by atoms with E-state index in [1.165, 1.54) is 12.5 Å². The van der Waals surface area contributed by atoms with Gasteiger partial charge in [-0.05, 0) is 43.5 Å². The van der Waals surface area contributed by atoms with Crippen molar-refractivity contribution in [2.24, 2.45) is 0 Å². The van der Waals surface area contributed by atoms with Gasteiger partial charge in [-0.15, -0.1) is 0 Å². The third kappa shape index (κ3) is 1.85. The minimum Gasteiger partial charge on any atom is -0.383 e. The summed E-state index contributed by atoms with van der Waals surface area (Å²) in [5.41, 5.74) is 1.66. The number of nitrogens with one attached hydrogen (secondary N) is 1. The monoisotopic (exact) mass is 223 g/mol. The molecule has 2 rings (SSSR count). The second-order valence-electron chi connectivity index (χ2n) is 4.71. The Balaban J connectivity index is 2.52. The standard InChI is InChI=1S/C13H18FNO/c1-9-10-4-3-5-12(13(2,16)8-14)11(10)6-7-15-9/h3-5,9,15-16H,6-8H2,1-2H3/t9-,13-/m1/s1. The number of fused-ring (bicyclic) bond motifs is 1. The summed E-state index contributed by atoms with van der Waals surface area (Å²) in [5.74, 6) is 0. The summed E-state index contributed by atoms with van der Waals surface area (Å²) >= 11 is 0. The second-order valence-corrected chi connectivity index (χ2v) is 4.71. The molecule has 1 heterocycles. The molecule has 16 heavy (non-hydrogen) atoms. The first kappa shape index (κ1) is 11.6. The first-order valence-corrected chi connectivity index (χ1v) is 5.70. The Bertz CT molecular complexity index is 390. The summed E-state index contributed by atoms with van der Waals surface area (Å²) in [5, 5.41) is 13.4. The van der Waals surface area contributed by atoms with Crippen LogP contribution in [0.4, 0.5) is 4.39 Å². The SMILES string of the molecule is C[C@H]1NCCc2c1cccc2[C@](C)(O)CF. The topological polar surface area (TPSA) is 32.3 Å². The zero-order valence-electron chi connectivity index (χ0n) is 9.76. The average Bonchev–Trinajstić information content (AvgIpc) is 2.29. The maximum absolute atomic E-state index is 12.9. The van der Waals surface area contributed by atoms with Gasteiger partial charge in [0.1, 0.15) is 12.3 Å². The number of hydrogen-bond donors (Lipinski definition) is 2. The van der Waals surface area contributed by atoms with Crippen LogP contribution in [0.15, 0.2) is 18.2 Å². The molecular formula is C13H18FNO. The predicted octanol–water partition coefficient (Wildman–Crippen LogP) is 2.07. The number of alkyl halides is 1. The van der Waals surface area contributed by atoms with Gasteiger partial charge in [-0.3, -0.25) is 0 Å². The number of benzene rings is 1. The molecule has 1 aliphatic rings. The molecule has 1 aliphatic heterocycles. The second kappa shape index (κ2) is 4.15. The lowest BCUT2D eigenvalue weighted by Crippen LogP contribution is -2.32. The summed E-state index contributed by atoms with van der Waals surface area (Å²) in [6.07, 6.45) is 0.853. The van der Waals surface area contributed by atoms with Crippen LogP contribution in [0.3, 0.4) is 0 Å². The van der Waals surface area contributed by atoms with Crippen molar-refractivity contribution in [3.8, 4) is 0 Å². The number of halogens is 1. The molecule has 2 nitrogen and oxygen atoms in total. The zero-order valence-corrected chi connectivity index (χ0v) is 9.76. The van der Waals surface area contributed by atoms with Gasteiger partial charge >= 0.3 is 0 Å². The van der Waals surface area contributed by atoms with Gasteiger partial charge in [-0.2, -0.15) is 0 Å². The van der Waals surface area contributed by atoms with Crippen LogP contribution in [-0.2, 0) is 12.0 Å². The Morgan fingerprint density at radius 1 is 1.56 bits per heavy atom. The lowest BCUT2D eigenvalue weighted by Gasteiger charge is -2.30. The molecule has 3 heteroatoms. The minimum absolute atomic E-state index is 0.277. The molecule has 0 bridgehead atoms. The Kier molecular flexibility index (Phi) is 3.00. The smallest absolute Gasteiger partial charge is 0.122 e. The van der Waals surface area contributed by atoms with Gasteiger partial charge in [0.2, 0.25) is 0 Å². The van der Waals surface area contributed by atoms with Crippen molar-refractivity contribution < 1.29 is 9.50 Å². The van der Waals surface area contributed by atoms with Gasteiger partial charge in [0.25, 0.3) is 0 Å². The fourth-order valence-corrected chi connectivity index (χ4v) is 2.39. The van der Waals surface area contributed by atoms with Crippen molar-refractivity contribution in [3.63, 3.8) is 0 Å². The maximum atomic E-state index is 12.9. The van der Waals surface area contributed by atoms with E-state index >= 15 is 0 Å². The summed E-state index contributed by atoms with van der Waals surface area (Å²) in [7, 11) is 0. The molecule has 2 N–H and O–H groups in total. The fraction of sp³-hybridized carbons (Fsp3) is 0.538. The fourth-order valence-electron chi connectivity index (χ4n) is 2.39. The number of hydrogen-bond acceptors (Lipinski definition) is 2. The Morgan fingerprint density at radius 2 is 2.31 bits per heavy atom. The van der Waals surface area contributed by atoms with Crippen LogP contribution >= 0.6 is 0 Å². The van der Waals surface area contributed by atoms with Crippen LogP contribution in [0.25, 0.3) is 0 Å². The Morgan fingerprint density at radius 3 is 3.00 bits per heavy atom. The molecule has 1 aromatic carbocycles. The van der Waals surface area contributed by atoms with Gasteiger partial charge in [0.05, 0.1) is 0 Å². The van der Waals surface area contributed by atoms with E-state index in [2.05, 4.69) is 12.2 Å². The molecule has 0 aromatic heterocycles. The molecule has 1 aromatic rings. The number of aliphatic hydroxyl groups is 1. The van der Waals surface area contributed by atoms with E-state index in [1.807, 2.05) is 18.2 Å². The predicted molar refractivity (Wildman–Crippen MR) is 62.1 cm³/mol. The first-order chi connectivity index (χ1) is 7.56. The van der Waals surface area contributed by atoms with Crippen LogP contribution < -0.4 is 5.32 Å². The van der Waals surface area contributed by atoms with E-state index in [4.69, 9.17) is 0 Å². The minimum atomic E-state index is -1.36. The lowest BCUT2D eigenvalue weighted by molar-refractivity contribution is 0.0289. The van der Waals surface area contributed by atoms with Crippen LogP contribution in [-0.4, -0.2) is 18.3 Å². The Labute approximate surface area is 95.5 Å². The van der Waals surface area contributed by atoms with Crippen molar-refractivity contribution in [1.29, 1.82) is 0 Å². The molecule has 0 unspecified atom stereocenters. The summed E-state index contributed by atoms with van der Waals surface area (Å²) in [6, 6.07) is 6.04. The molecule has 0 spiro atoms. The van der Waals surface area contributed by atoms with Gasteiger partial charge in [-0.25, -0.2) is 4.39 Å². The molecule has 0 aliphatic carbocycles. The highest BCUT2D eigenvalue weighted by Crippen LogP contribution is 2.32. The van der Waals surface area contributed by atoms with Crippen LogP contribution in [0.5, 0.6) is 0 Å². The average molecular weight is 223 g/mol. The van der Waals surface area contributed by atoms with Crippen molar-refractivity contribution in [1.82, 2.24) is 5.32 Å². The van der Waals surface area contributed by atoms with E-state index in [9.17, 15) is 9.50 Å². The molecule has 0 saturated carbocycles. The van der Waals surface area contributed by atoms with Gasteiger partial charge < -0.3 is 10.4 Å². The van der Waals surface area contributed by atoms with E-state index in [-0.39, 0.29) is 6.04 Å². The zero-order chi connectivity index (χ0) is 11.8. The van der Waals surface area contributed by atoms with E-state index in [1.54, 1.807) is 0 Å².